The zero-order valence-corrected chi connectivity index (χ0v) is 11.3. The Balaban J connectivity index is 1.58. The third-order valence-corrected chi connectivity index (χ3v) is 3.55. The number of amides is 2. The van der Waals surface area contributed by atoms with E-state index >= 15 is 0 Å². The van der Waals surface area contributed by atoms with Crippen LogP contribution in [0.1, 0.15) is 31.5 Å². The number of hydrogen-bond acceptors (Lipinski definition) is 3. The molecular formula is C13H20N4O3. The Morgan fingerprint density at radius 1 is 1.45 bits per heavy atom. The summed E-state index contributed by atoms with van der Waals surface area (Å²) in [6.07, 6.45) is 6.97. The highest BCUT2D eigenvalue weighted by atomic mass is 16.4. The molecule has 0 aromatic carbocycles. The first-order valence-corrected chi connectivity index (χ1v) is 6.90. The fourth-order valence-electron chi connectivity index (χ4n) is 2.47. The van der Waals surface area contributed by atoms with Gasteiger partial charge in [-0.1, -0.05) is 0 Å². The molecule has 0 spiro atoms. The first kappa shape index (κ1) is 14.4. The van der Waals surface area contributed by atoms with Crippen molar-refractivity contribution in [2.75, 3.05) is 6.54 Å². The molecule has 0 aliphatic heterocycles. The van der Waals surface area contributed by atoms with Gasteiger partial charge < -0.3 is 20.7 Å². The molecule has 4 N–H and O–H groups in total. The number of aliphatic carboxylic acids is 1. The second kappa shape index (κ2) is 6.93. The Bertz CT molecular complexity index is 446. The molecule has 1 heterocycles. The number of carboxylic acids is 1. The first-order valence-electron chi connectivity index (χ1n) is 6.90. The number of imidazole rings is 1. The summed E-state index contributed by atoms with van der Waals surface area (Å²) >= 11 is 0. The lowest BCUT2D eigenvalue weighted by Gasteiger charge is -2.13. The molecule has 0 unspecified atom stereocenters. The molecule has 1 aromatic heterocycles. The normalized spacial score (nSPS) is 21.6. The van der Waals surface area contributed by atoms with Crippen LogP contribution in [0.5, 0.6) is 0 Å². The molecule has 110 valence electrons. The number of carbonyl (C=O) groups is 2. The Kier molecular flexibility index (Phi) is 4.97. The Labute approximate surface area is 117 Å². The van der Waals surface area contributed by atoms with Gasteiger partial charge in [-0.2, -0.15) is 0 Å². The van der Waals surface area contributed by atoms with Crippen LogP contribution in [0.15, 0.2) is 12.4 Å². The number of aromatic nitrogens is 2. The number of hydrogen-bond donors (Lipinski definition) is 4. The molecule has 1 aliphatic carbocycles. The van der Waals surface area contributed by atoms with Crippen molar-refractivity contribution in [3.8, 4) is 0 Å². The van der Waals surface area contributed by atoms with E-state index in [4.69, 9.17) is 5.11 Å². The topological polar surface area (TPSA) is 107 Å². The predicted molar refractivity (Wildman–Crippen MR) is 72.2 cm³/mol. The second-order valence-electron chi connectivity index (χ2n) is 5.08. The molecule has 1 aromatic rings. The van der Waals surface area contributed by atoms with E-state index in [2.05, 4.69) is 20.6 Å². The molecule has 0 radical (unpaired) electrons. The van der Waals surface area contributed by atoms with Crippen LogP contribution in [0.25, 0.3) is 0 Å². The van der Waals surface area contributed by atoms with Crippen molar-refractivity contribution in [3.05, 3.63) is 18.2 Å². The van der Waals surface area contributed by atoms with Gasteiger partial charge in [0.15, 0.2) is 0 Å². The lowest BCUT2D eigenvalue weighted by molar-refractivity contribution is -0.141. The highest BCUT2D eigenvalue weighted by Crippen LogP contribution is 2.25. The SMILES string of the molecule is O=C(NCCCc1ncc[nH]1)N[C@H]1CC[C@@H](C(=O)O)C1. The van der Waals surface area contributed by atoms with Crippen LogP contribution >= 0.6 is 0 Å². The number of H-pyrrole nitrogens is 1. The van der Waals surface area contributed by atoms with E-state index in [1.807, 2.05) is 0 Å². The smallest absolute Gasteiger partial charge is 0.315 e. The van der Waals surface area contributed by atoms with Gasteiger partial charge in [0.05, 0.1) is 5.92 Å². The van der Waals surface area contributed by atoms with Crippen molar-refractivity contribution < 1.29 is 14.7 Å². The molecule has 2 amide bonds. The molecule has 7 nitrogen and oxygen atoms in total. The van der Waals surface area contributed by atoms with E-state index in [9.17, 15) is 9.59 Å². The van der Waals surface area contributed by atoms with Crippen molar-refractivity contribution in [2.45, 2.75) is 38.1 Å². The fraction of sp³-hybridized carbons (Fsp3) is 0.615. The van der Waals surface area contributed by atoms with Crippen molar-refractivity contribution >= 4 is 12.0 Å². The summed E-state index contributed by atoms with van der Waals surface area (Å²) in [5.41, 5.74) is 0. The van der Waals surface area contributed by atoms with Gasteiger partial charge in [0.2, 0.25) is 0 Å². The van der Waals surface area contributed by atoms with Crippen LogP contribution in [0.4, 0.5) is 4.79 Å². The van der Waals surface area contributed by atoms with Crippen molar-refractivity contribution in [3.63, 3.8) is 0 Å². The fourth-order valence-corrected chi connectivity index (χ4v) is 2.47. The minimum Gasteiger partial charge on any atom is -0.481 e. The molecule has 2 rings (SSSR count). The maximum absolute atomic E-state index is 11.6. The number of aryl methyl sites for hydroxylation is 1. The summed E-state index contributed by atoms with van der Waals surface area (Å²) in [4.78, 5) is 29.6. The zero-order valence-electron chi connectivity index (χ0n) is 11.3. The number of carboxylic acid groups (broad SMARTS) is 1. The highest BCUT2D eigenvalue weighted by molar-refractivity contribution is 5.75. The van der Waals surface area contributed by atoms with Crippen LogP contribution in [0.2, 0.25) is 0 Å². The summed E-state index contributed by atoms with van der Waals surface area (Å²) in [7, 11) is 0. The molecule has 2 atom stereocenters. The van der Waals surface area contributed by atoms with Gasteiger partial charge in [0.25, 0.3) is 0 Å². The summed E-state index contributed by atoms with van der Waals surface area (Å²) in [5, 5.41) is 14.5. The number of aromatic amines is 1. The monoisotopic (exact) mass is 280 g/mol. The van der Waals surface area contributed by atoms with Crippen LogP contribution in [0, 0.1) is 5.92 Å². The number of nitrogens with one attached hydrogen (secondary N) is 3. The molecule has 0 saturated heterocycles. The van der Waals surface area contributed by atoms with Crippen molar-refractivity contribution in [1.29, 1.82) is 0 Å². The predicted octanol–water partition coefficient (Wildman–Crippen LogP) is 0.895. The van der Waals surface area contributed by atoms with Gasteiger partial charge in [0, 0.05) is 31.4 Å². The number of nitrogens with zero attached hydrogens (tertiary/aromatic N) is 1. The molecular weight excluding hydrogens is 260 g/mol. The maximum Gasteiger partial charge on any atom is 0.315 e. The number of carbonyl (C=O) groups excluding carboxylic acids is 1. The van der Waals surface area contributed by atoms with Gasteiger partial charge in [-0.3, -0.25) is 4.79 Å². The molecule has 7 heteroatoms. The third-order valence-electron chi connectivity index (χ3n) is 3.55. The minimum absolute atomic E-state index is 0.0267. The largest absolute Gasteiger partial charge is 0.481 e. The summed E-state index contributed by atoms with van der Waals surface area (Å²) in [5.74, 6) is -0.181. The van der Waals surface area contributed by atoms with Gasteiger partial charge in [-0.05, 0) is 25.7 Å². The van der Waals surface area contributed by atoms with E-state index in [0.29, 0.717) is 19.4 Å². The summed E-state index contributed by atoms with van der Waals surface area (Å²) < 4.78 is 0. The minimum atomic E-state index is -0.770. The third kappa shape index (κ3) is 4.25. The van der Waals surface area contributed by atoms with Crippen LogP contribution in [0.3, 0.4) is 0 Å². The lowest BCUT2D eigenvalue weighted by Crippen LogP contribution is -2.41. The maximum atomic E-state index is 11.6. The van der Waals surface area contributed by atoms with E-state index in [0.717, 1.165) is 25.1 Å². The number of rotatable bonds is 6. The molecule has 20 heavy (non-hydrogen) atoms. The van der Waals surface area contributed by atoms with Crippen LogP contribution in [-0.2, 0) is 11.2 Å². The average Bonchev–Trinajstić information content (AvgIpc) is 3.05. The molecule has 1 aliphatic rings. The molecule has 0 bridgehead atoms. The quantitative estimate of drug-likeness (QED) is 0.580. The number of urea groups is 1. The lowest BCUT2D eigenvalue weighted by atomic mass is 10.1. The van der Waals surface area contributed by atoms with Crippen LogP contribution < -0.4 is 10.6 Å². The highest BCUT2D eigenvalue weighted by Gasteiger charge is 2.30. The van der Waals surface area contributed by atoms with Crippen molar-refractivity contribution in [1.82, 2.24) is 20.6 Å². The standard InChI is InChI=1S/C13H20N4O3/c18-12(19)9-3-4-10(8-9)17-13(20)16-5-1-2-11-14-6-7-15-11/h6-7,9-10H,1-5,8H2,(H,14,15)(H,18,19)(H2,16,17,20)/t9-,10+/m1/s1. The second-order valence-corrected chi connectivity index (χ2v) is 5.08. The summed E-state index contributed by atoms with van der Waals surface area (Å²) in [6, 6.07) is -0.248. The van der Waals surface area contributed by atoms with Crippen LogP contribution in [-0.4, -0.2) is 39.7 Å². The zero-order chi connectivity index (χ0) is 14.4. The van der Waals surface area contributed by atoms with Crippen molar-refractivity contribution in [2.24, 2.45) is 5.92 Å². The molecule has 1 saturated carbocycles. The Morgan fingerprint density at radius 3 is 2.95 bits per heavy atom. The van der Waals surface area contributed by atoms with Gasteiger partial charge in [-0.25, -0.2) is 9.78 Å². The summed E-state index contributed by atoms with van der Waals surface area (Å²) in [6.45, 7) is 0.571. The van der Waals surface area contributed by atoms with E-state index < -0.39 is 5.97 Å². The molecule has 1 fully saturated rings. The van der Waals surface area contributed by atoms with Gasteiger partial charge >= 0.3 is 12.0 Å². The Hall–Kier alpha value is -2.05. The first-order chi connectivity index (χ1) is 9.65. The van der Waals surface area contributed by atoms with Gasteiger partial charge in [0.1, 0.15) is 5.82 Å². The Morgan fingerprint density at radius 2 is 2.30 bits per heavy atom. The van der Waals surface area contributed by atoms with Gasteiger partial charge in [-0.15, -0.1) is 0 Å². The van der Waals surface area contributed by atoms with E-state index in [1.54, 1.807) is 12.4 Å². The average molecular weight is 280 g/mol. The van der Waals surface area contributed by atoms with E-state index in [-0.39, 0.29) is 18.0 Å². The van der Waals surface area contributed by atoms with E-state index in [1.165, 1.54) is 0 Å².